The van der Waals surface area contributed by atoms with Crippen LogP contribution in [0.2, 0.25) is 0 Å². The van der Waals surface area contributed by atoms with Gasteiger partial charge in [-0.25, -0.2) is 0 Å². The molecule has 0 spiro atoms. The number of amides is 5. The number of benzene rings is 1. The maximum Gasteiger partial charge on any atom is 0.251 e. The number of hydrogen-bond donors (Lipinski definition) is 19. The van der Waals surface area contributed by atoms with Gasteiger partial charge in [0.2, 0.25) is 23.6 Å². The molecule has 0 aliphatic carbocycles. The maximum atomic E-state index is 13.9. The number of hydrogen-bond acceptors (Lipinski definition) is 31. The summed E-state index contributed by atoms with van der Waals surface area (Å²) < 4.78 is 71.9. The average Bonchev–Trinajstić information content (AvgIpc) is 0.772. The molecule has 36 nitrogen and oxygen atoms in total. The molecule has 0 bridgehead atoms. The molecule has 0 radical (unpaired) electrons. The summed E-state index contributed by atoms with van der Waals surface area (Å²) >= 11 is 0. The number of carbonyl (C=O) groups is 5. The van der Waals surface area contributed by atoms with Crippen LogP contribution in [-0.4, -0.2) is 325 Å². The monoisotopic (exact) mass is 1410 g/mol. The molecule has 36 heteroatoms. The van der Waals surface area contributed by atoms with Crippen LogP contribution in [-0.2, 0) is 71.3 Å². The highest BCUT2D eigenvalue weighted by atomic mass is 16.8. The summed E-state index contributed by atoms with van der Waals surface area (Å²) in [4.78, 5) is 65.0. The molecule has 6 aliphatic rings. The zero-order valence-electron chi connectivity index (χ0n) is 55.2. The highest BCUT2D eigenvalue weighted by Crippen LogP contribution is 2.37. The van der Waals surface area contributed by atoms with Crippen LogP contribution in [0, 0.1) is 0 Å². The minimum absolute atomic E-state index is 0.0454. The predicted octanol–water partition coefficient (Wildman–Crippen LogP) is -7.37. The maximum absolute atomic E-state index is 13.9. The number of nitrogens with one attached hydrogen (secondary N) is 5. The van der Waals surface area contributed by atoms with E-state index in [1.54, 1.807) is 12.1 Å². The van der Waals surface area contributed by atoms with Gasteiger partial charge in [0.05, 0.1) is 45.7 Å². The van der Waals surface area contributed by atoms with E-state index in [0.29, 0.717) is 18.8 Å². The third-order valence-corrected chi connectivity index (χ3v) is 17.6. The van der Waals surface area contributed by atoms with Crippen molar-refractivity contribution in [3.63, 3.8) is 0 Å². The Hall–Kier alpha value is -4.89. The van der Waals surface area contributed by atoms with E-state index in [1.165, 1.54) is 31.9 Å². The van der Waals surface area contributed by atoms with Crippen molar-refractivity contribution in [1.29, 1.82) is 0 Å². The molecule has 19 N–H and O–H groups in total. The third kappa shape index (κ3) is 20.5. The molecule has 98 heavy (non-hydrogen) atoms. The zero-order valence-corrected chi connectivity index (χ0v) is 55.2. The standard InChI is InChI=1S/C62H99N5O31/c1-7-8-9-10-11-12-13-14-15-19-87-32-18-16-17-31(20-32)56(85)67-39-45(78)44(77)33(21-68)91-58(39)95-52-34(22-69)92-59(40(47(52)80)64-28(4)73)96-53-35(23-70)93-60(41(48(53)81)65-29(5)74)97-54-36(24-71)94-61(42(49(54)82)66-30(6)75)98-55-37(90-57(86)38(46(55)79)63-27(3)72)25-88-62-51(84)50(83)43(76)26(2)89-62/h12-13,16-18,20,26,33-55,57-62,68-71,76-84,86H,7-11,14-15,19,21-25H2,1-6H3,(H,63,72)(H,64,73)(H,65,74)(H,66,75)(H,67,85)/b13-12-. The Morgan fingerprint density at radius 3 is 1.34 bits per heavy atom. The van der Waals surface area contributed by atoms with Crippen LogP contribution >= 0.6 is 0 Å². The SMILES string of the molecule is CCCCCC/C=C\CCCOc1cccc(C(=O)NC2C(OC3C(CO)OC(OC4C(CO)OC(OC5C(CO)OC(OC6C(COC7OC(C)C(O)C(O)C7O)OC(O)C(NC(C)=O)C6O)C(NC(C)=O)C5O)C(NC(C)=O)C4O)C(NC(C)=O)C3O)OC(CO)C(O)C2O)c1. The van der Waals surface area contributed by atoms with Crippen LogP contribution in [0.15, 0.2) is 36.4 Å². The quantitative estimate of drug-likeness (QED) is 0.0243. The Morgan fingerprint density at radius 2 is 0.878 bits per heavy atom. The molecule has 7 rings (SSSR count). The molecule has 6 aliphatic heterocycles. The minimum Gasteiger partial charge on any atom is -0.494 e. The smallest absolute Gasteiger partial charge is 0.251 e. The summed E-state index contributed by atoms with van der Waals surface area (Å²) in [5.74, 6) is -3.72. The van der Waals surface area contributed by atoms with Gasteiger partial charge in [-0.15, -0.1) is 0 Å². The molecule has 6 heterocycles. The summed E-state index contributed by atoms with van der Waals surface area (Å²) in [6.45, 7) is 3.29. The van der Waals surface area contributed by atoms with Crippen LogP contribution in [0.1, 0.15) is 96.8 Å². The van der Waals surface area contributed by atoms with Crippen LogP contribution in [0.5, 0.6) is 5.75 Å². The minimum atomic E-state index is -2.07. The molecule has 0 aromatic heterocycles. The Balaban J connectivity index is 1.07. The largest absolute Gasteiger partial charge is 0.494 e. The van der Waals surface area contributed by atoms with Crippen molar-refractivity contribution >= 4 is 29.5 Å². The fourth-order valence-corrected chi connectivity index (χ4v) is 12.4. The van der Waals surface area contributed by atoms with E-state index >= 15 is 0 Å². The lowest BCUT2D eigenvalue weighted by Crippen LogP contribution is -2.72. The van der Waals surface area contributed by atoms with Crippen molar-refractivity contribution < 1.29 is 152 Å². The number of rotatable bonds is 31. The highest BCUT2D eigenvalue weighted by molar-refractivity contribution is 5.94. The molecule has 1 aromatic carbocycles. The number of allylic oxidation sites excluding steroid dienone is 2. The molecule has 5 amide bonds. The Labute approximate surface area is 564 Å². The van der Waals surface area contributed by atoms with Crippen molar-refractivity contribution in [2.24, 2.45) is 0 Å². The van der Waals surface area contributed by atoms with Crippen molar-refractivity contribution in [3.8, 4) is 5.75 Å². The van der Waals surface area contributed by atoms with Crippen LogP contribution in [0.25, 0.3) is 0 Å². The molecule has 30 atom stereocenters. The Morgan fingerprint density at radius 1 is 0.449 bits per heavy atom. The molecule has 6 fully saturated rings. The number of aliphatic hydroxyl groups excluding tert-OH is 14. The summed E-state index contributed by atoms with van der Waals surface area (Å²) in [6.07, 6.45) is -33.6. The zero-order chi connectivity index (χ0) is 71.8. The van der Waals surface area contributed by atoms with Crippen LogP contribution in [0.4, 0.5) is 0 Å². The molecule has 1 aromatic rings. The van der Waals surface area contributed by atoms with Gasteiger partial charge < -0.3 is 155 Å². The fourth-order valence-electron chi connectivity index (χ4n) is 12.4. The van der Waals surface area contributed by atoms with Gasteiger partial charge in [-0.1, -0.05) is 44.4 Å². The topological polar surface area (TPSA) is 539 Å². The first-order valence-corrected chi connectivity index (χ1v) is 32.8. The molecule has 6 saturated heterocycles. The second kappa shape index (κ2) is 37.9. The van der Waals surface area contributed by atoms with Crippen molar-refractivity contribution in [2.45, 2.75) is 270 Å². The fraction of sp³-hybridized carbons (Fsp3) is 0.790. The number of aliphatic hydroxyl groups is 14. The van der Waals surface area contributed by atoms with E-state index < -0.39 is 246 Å². The Kier molecular flexibility index (Phi) is 31.1. The van der Waals surface area contributed by atoms with Gasteiger partial charge in [0, 0.05) is 33.3 Å². The second-order valence-electron chi connectivity index (χ2n) is 25.1. The Bertz CT molecular complexity index is 2710. The molecule has 30 unspecified atom stereocenters. The van der Waals surface area contributed by atoms with Crippen molar-refractivity contribution in [1.82, 2.24) is 26.6 Å². The van der Waals surface area contributed by atoms with E-state index in [1.807, 2.05) is 0 Å². The van der Waals surface area contributed by atoms with Gasteiger partial charge in [0.1, 0.15) is 146 Å². The third-order valence-electron chi connectivity index (χ3n) is 17.6. The summed E-state index contributed by atoms with van der Waals surface area (Å²) in [5, 5.41) is 168. The van der Waals surface area contributed by atoms with Crippen LogP contribution in [0.3, 0.4) is 0 Å². The van der Waals surface area contributed by atoms with Crippen molar-refractivity contribution in [3.05, 3.63) is 42.0 Å². The van der Waals surface area contributed by atoms with Gasteiger partial charge in [0.25, 0.3) is 5.91 Å². The first-order valence-electron chi connectivity index (χ1n) is 32.8. The molecule has 0 saturated carbocycles. The van der Waals surface area contributed by atoms with Gasteiger partial charge >= 0.3 is 0 Å². The molecular formula is C62H99N5O31. The normalized spacial score (nSPS) is 39.9. The molecular weight excluding hydrogens is 1310 g/mol. The van der Waals surface area contributed by atoms with Gasteiger partial charge in [-0.3, -0.25) is 24.0 Å². The number of carbonyl (C=O) groups excluding carboxylic acids is 5. The van der Waals surface area contributed by atoms with E-state index in [9.17, 15) is 95.5 Å². The number of unbranched alkanes of at least 4 members (excludes halogenated alkanes) is 5. The lowest BCUT2D eigenvalue weighted by Gasteiger charge is -2.51. The van der Waals surface area contributed by atoms with E-state index in [4.69, 9.17) is 56.8 Å². The van der Waals surface area contributed by atoms with E-state index in [-0.39, 0.29) is 5.56 Å². The van der Waals surface area contributed by atoms with Gasteiger partial charge in [0.15, 0.2) is 37.7 Å². The summed E-state index contributed by atoms with van der Waals surface area (Å²) in [7, 11) is 0. The average molecular weight is 1410 g/mol. The summed E-state index contributed by atoms with van der Waals surface area (Å²) in [5.41, 5.74) is 0.0454. The van der Waals surface area contributed by atoms with Crippen molar-refractivity contribution in [2.75, 3.05) is 39.6 Å². The van der Waals surface area contributed by atoms with E-state index in [2.05, 4.69) is 45.7 Å². The molecule has 558 valence electrons. The lowest BCUT2D eigenvalue weighted by molar-refractivity contribution is -0.368. The number of ether oxygens (including phenoxy) is 12. The first kappa shape index (κ1) is 80.4. The first-order chi connectivity index (χ1) is 46.7. The summed E-state index contributed by atoms with van der Waals surface area (Å²) in [6, 6.07) is -2.52. The van der Waals surface area contributed by atoms with Crippen LogP contribution < -0.4 is 31.3 Å². The lowest BCUT2D eigenvalue weighted by atomic mass is 9.93. The van der Waals surface area contributed by atoms with Gasteiger partial charge in [-0.05, 0) is 50.8 Å². The van der Waals surface area contributed by atoms with Gasteiger partial charge in [-0.2, -0.15) is 0 Å². The highest BCUT2D eigenvalue weighted by Gasteiger charge is 2.58. The predicted molar refractivity (Wildman–Crippen MR) is 328 cm³/mol. The van der Waals surface area contributed by atoms with E-state index in [0.717, 1.165) is 53.4 Å². The second-order valence-corrected chi connectivity index (χ2v) is 25.1.